The molecule has 1 unspecified atom stereocenters. The van der Waals surface area contributed by atoms with Crippen molar-refractivity contribution < 1.29 is 5.11 Å². The van der Waals surface area contributed by atoms with Crippen LogP contribution in [0.3, 0.4) is 0 Å². The Kier molecular flexibility index (Phi) is 3.23. The van der Waals surface area contributed by atoms with Gasteiger partial charge in [-0.25, -0.2) is 0 Å². The highest BCUT2D eigenvalue weighted by Gasteiger charge is 2.26. The summed E-state index contributed by atoms with van der Waals surface area (Å²) in [5.41, 5.74) is 1.55. The van der Waals surface area contributed by atoms with Crippen molar-refractivity contribution in [1.29, 1.82) is 0 Å². The first-order valence-electron chi connectivity index (χ1n) is 5.62. The van der Waals surface area contributed by atoms with Crippen LogP contribution in [0.15, 0.2) is 34.9 Å². The Balaban J connectivity index is 2.67. The Bertz CT molecular complexity index is 545. The molecule has 1 heterocycles. The van der Waals surface area contributed by atoms with Crippen LogP contribution in [0.2, 0.25) is 0 Å². The van der Waals surface area contributed by atoms with Crippen LogP contribution in [-0.2, 0) is 0 Å². The molecule has 0 saturated carbocycles. The SMILES string of the molecule is CC(C)(C)C(O)c1ccc(Br)c2cccnc12. The molecule has 0 aliphatic rings. The maximum Gasteiger partial charge on any atom is 0.0859 e. The Morgan fingerprint density at radius 1 is 1.24 bits per heavy atom. The summed E-state index contributed by atoms with van der Waals surface area (Å²) in [6, 6.07) is 7.81. The molecule has 2 rings (SSSR count). The van der Waals surface area contributed by atoms with Crippen molar-refractivity contribution >= 4 is 26.8 Å². The monoisotopic (exact) mass is 293 g/mol. The fourth-order valence-corrected chi connectivity index (χ4v) is 2.30. The molecule has 90 valence electrons. The zero-order chi connectivity index (χ0) is 12.6. The van der Waals surface area contributed by atoms with Crippen molar-refractivity contribution in [3.8, 4) is 0 Å². The number of nitrogens with zero attached hydrogens (tertiary/aromatic N) is 1. The van der Waals surface area contributed by atoms with Crippen LogP contribution >= 0.6 is 15.9 Å². The van der Waals surface area contributed by atoms with Gasteiger partial charge in [0.25, 0.3) is 0 Å². The van der Waals surface area contributed by atoms with E-state index in [9.17, 15) is 5.11 Å². The Labute approximate surface area is 110 Å². The molecule has 2 nitrogen and oxygen atoms in total. The summed E-state index contributed by atoms with van der Waals surface area (Å²) in [6.07, 6.45) is 1.24. The lowest BCUT2D eigenvalue weighted by atomic mass is 9.84. The van der Waals surface area contributed by atoms with Crippen molar-refractivity contribution in [2.75, 3.05) is 0 Å². The minimum atomic E-state index is -0.520. The fraction of sp³-hybridized carbons (Fsp3) is 0.357. The van der Waals surface area contributed by atoms with E-state index < -0.39 is 6.10 Å². The van der Waals surface area contributed by atoms with Crippen molar-refractivity contribution in [3.63, 3.8) is 0 Å². The lowest BCUT2D eigenvalue weighted by Gasteiger charge is -2.27. The number of fused-ring (bicyclic) bond motifs is 1. The van der Waals surface area contributed by atoms with Crippen LogP contribution in [0.4, 0.5) is 0 Å². The van der Waals surface area contributed by atoms with Crippen molar-refractivity contribution in [1.82, 2.24) is 4.98 Å². The normalized spacial score (nSPS) is 13.9. The van der Waals surface area contributed by atoms with Crippen LogP contribution in [0.5, 0.6) is 0 Å². The van der Waals surface area contributed by atoms with E-state index >= 15 is 0 Å². The molecular weight excluding hydrogens is 278 g/mol. The first-order valence-corrected chi connectivity index (χ1v) is 6.42. The van der Waals surface area contributed by atoms with E-state index in [2.05, 4.69) is 20.9 Å². The molecular formula is C14H16BrNO. The lowest BCUT2D eigenvalue weighted by molar-refractivity contribution is 0.0638. The topological polar surface area (TPSA) is 33.1 Å². The highest BCUT2D eigenvalue weighted by atomic mass is 79.9. The number of aromatic nitrogens is 1. The minimum Gasteiger partial charge on any atom is -0.388 e. The minimum absolute atomic E-state index is 0.196. The van der Waals surface area contributed by atoms with Gasteiger partial charge < -0.3 is 5.11 Å². The maximum absolute atomic E-state index is 10.4. The van der Waals surface area contributed by atoms with E-state index in [-0.39, 0.29) is 5.41 Å². The van der Waals surface area contributed by atoms with Crippen LogP contribution in [-0.4, -0.2) is 10.1 Å². The number of hydrogen-bond acceptors (Lipinski definition) is 2. The van der Waals surface area contributed by atoms with Crippen molar-refractivity contribution in [3.05, 3.63) is 40.5 Å². The van der Waals surface area contributed by atoms with E-state index in [0.717, 1.165) is 20.9 Å². The van der Waals surface area contributed by atoms with E-state index in [1.54, 1.807) is 6.20 Å². The average Bonchev–Trinajstić information content (AvgIpc) is 2.28. The maximum atomic E-state index is 10.4. The molecule has 0 bridgehead atoms. The van der Waals surface area contributed by atoms with Gasteiger partial charge in [-0.1, -0.05) is 48.8 Å². The summed E-state index contributed by atoms with van der Waals surface area (Å²) >= 11 is 3.51. The molecule has 1 N–H and O–H groups in total. The van der Waals surface area contributed by atoms with Crippen LogP contribution in [0.25, 0.3) is 10.9 Å². The number of pyridine rings is 1. The van der Waals surface area contributed by atoms with E-state index in [1.807, 2.05) is 45.0 Å². The summed E-state index contributed by atoms with van der Waals surface area (Å²) in [7, 11) is 0. The van der Waals surface area contributed by atoms with Gasteiger partial charge >= 0.3 is 0 Å². The highest BCUT2D eigenvalue weighted by molar-refractivity contribution is 9.10. The summed E-state index contributed by atoms with van der Waals surface area (Å²) in [5.74, 6) is 0. The van der Waals surface area contributed by atoms with Gasteiger partial charge in [-0.2, -0.15) is 0 Å². The Hall–Kier alpha value is -0.930. The number of aliphatic hydroxyl groups excluding tert-OH is 1. The van der Waals surface area contributed by atoms with E-state index in [0.29, 0.717) is 0 Å². The molecule has 0 amide bonds. The first kappa shape index (κ1) is 12.5. The molecule has 1 aromatic carbocycles. The second-order valence-electron chi connectivity index (χ2n) is 5.30. The van der Waals surface area contributed by atoms with E-state index in [4.69, 9.17) is 0 Å². The predicted molar refractivity (Wildman–Crippen MR) is 73.9 cm³/mol. The van der Waals surface area contributed by atoms with Gasteiger partial charge in [-0.05, 0) is 17.5 Å². The summed E-state index contributed by atoms with van der Waals surface area (Å²) in [4.78, 5) is 4.39. The highest BCUT2D eigenvalue weighted by Crippen LogP contribution is 2.37. The number of aliphatic hydroxyl groups is 1. The summed E-state index contributed by atoms with van der Waals surface area (Å²) in [5, 5.41) is 11.4. The van der Waals surface area contributed by atoms with Gasteiger partial charge in [0.2, 0.25) is 0 Å². The third kappa shape index (κ3) is 2.35. The quantitative estimate of drug-likeness (QED) is 0.859. The molecule has 1 aromatic heterocycles. The van der Waals surface area contributed by atoms with Crippen LogP contribution in [0, 0.1) is 5.41 Å². The van der Waals surface area contributed by atoms with Gasteiger partial charge in [0, 0.05) is 21.6 Å². The largest absolute Gasteiger partial charge is 0.388 e. The summed E-state index contributed by atoms with van der Waals surface area (Å²) < 4.78 is 1.01. The summed E-state index contributed by atoms with van der Waals surface area (Å²) in [6.45, 7) is 6.07. The predicted octanol–water partition coefficient (Wildman–Crippen LogP) is 4.08. The van der Waals surface area contributed by atoms with Crippen LogP contribution < -0.4 is 0 Å². The molecule has 0 saturated heterocycles. The number of hydrogen-bond donors (Lipinski definition) is 1. The Morgan fingerprint density at radius 3 is 2.59 bits per heavy atom. The standard InChI is InChI=1S/C14H16BrNO/c1-14(2,3)13(17)10-6-7-11(15)9-5-4-8-16-12(9)10/h4-8,13,17H,1-3H3. The smallest absolute Gasteiger partial charge is 0.0859 e. The van der Waals surface area contributed by atoms with Crippen LogP contribution in [0.1, 0.15) is 32.4 Å². The molecule has 17 heavy (non-hydrogen) atoms. The second kappa shape index (κ2) is 4.39. The number of halogens is 1. The van der Waals surface area contributed by atoms with Gasteiger partial charge in [0.1, 0.15) is 0 Å². The fourth-order valence-electron chi connectivity index (χ4n) is 1.85. The molecule has 0 aliphatic carbocycles. The molecule has 0 aliphatic heterocycles. The third-order valence-electron chi connectivity index (χ3n) is 2.86. The zero-order valence-electron chi connectivity index (χ0n) is 10.2. The molecule has 0 spiro atoms. The lowest BCUT2D eigenvalue weighted by Crippen LogP contribution is -2.18. The van der Waals surface area contributed by atoms with Gasteiger partial charge in [0.05, 0.1) is 11.6 Å². The molecule has 1 atom stereocenters. The number of rotatable bonds is 1. The molecule has 2 aromatic rings. The zero-order valence-corrected chi connectivity index (χ0v) is 11.8. The van der Waals surface area contributed by atoms with Crippen molar-refractivity contribution in [2.45, 2.75) is 26.9 Å². The first-order chi connectivity index (χ1) is 7.91. The average molecular weight is 294 g/mol. The van der Waals surface area contributed by atoms with Gasteiger partial charge in [0.15, 0.2) is 0 Å². The molecule has 0 radical (unpaired) electrons. The van der Waals surface area contributed by atoms with Gasteiger partial charge in [-0.15, -0.1) is 0 Å². The number of benzene rings is 1. The second-order valence-corrected chi connectivity index (χ2v) is 6.16. The van der Waals surface area contributed by atoms with E-state index in [1.165, 1.54) is 0 Å². The Morgan fingerprint density at radius 2 is 1.94 bits per heavy atom. The third-order valence-corrected chi connectivity index (χ3v) is 3.55. The molecule has 0 fully saturated rings. The molecule has 3 heteroatoms. The van der Waals surface area contributed by atoms with Gasteiger partial charge in [-0.3, -0.25) is 4.98 Å². The van der Waals surface area contributed by atoms with Crippen molar-refractivity contribution in [2.24, 2.45) is 5.41 Å².